The quantitative estimate of drug-likeness (QED) is 0.144. The van der Waals surface area contributed by atoms with Crippen molar-refractivity contribution >= 4 is 55.7 Å². The first-order chi connectivity index (χ1) is 29.2. The van der Waals surface area contributed by atoms with Gasteiger partial charge in [0.15, 0.2) is 0 Å². The van der Waals surface area contributed by atoms with Gasteiger partial charge in [-0.1, -0.05) is 140 Å². The second-order valence-electron chi connectivity index (χ2n) is 15.0. The lowest BCUT2D eigenvalue weighted by Gasteiger charge is -2.29. The van der Waals surface area contributed by atoms with Crippen LogP contribution in [0.25, 0.3) is 54.9 Å². The van der Waals surface area contributed by atoms with E-state index in [4.69, 9.17) is 4.74 Å². The fraction of sp³-hybridized carbons (Fsp3) is 0. The minimum Gasteiger partial charge on any atom is -0.456 e. The molecule has 0 saturated heterocycles. The zero-order chi connectivity index (χ0) is 39.1. The molecule has 0 aliphatic carbocycles. The van der Waals surface area contributed by atoms with Crippen LogP contribution >= 0.6 is 0 Å². The van der Waals surface area contributed by atoms with Crippen LogP contribution in [0.15, 0.2) is 231 Å². The third kappa shape index (κ3) is 6.26. The van der Waals surface area contributed by atoms with Crippen molar-refractivity contribution in [3.05, 3.63) is 231 Å². The van der Waals surface area contributed by atoms with Crippen LogP contribution in [-0.4, -0.2) is 0 Å². The Morgan fingerprint density at radius 1 is 0.271 bits per heavy atom. The molecule has 0 radical (unpaired) electrons. The molecule has 1 aliphatic heterocycles. The number of ether oxygens (including phenoxy) is 1. The number of anilines is 6. The van der Waals surface area contributed by atoms with Crippen LogP contribution in [0.5, 0.6) is 11.5 Å². The van der Waals surface area contributed by atoms with Crippen molar-refractivity contribution in [2.45, 2.75) is 0 Å². The van der Waals surface area contributed by atoms with E-state index in [1.54, 1.807) is 0 Å². The van der Waals surface area contributed by atoms with Gasteiger partial charge in [-0.15, -0.1) is 0 Å². The van der Waals surface area contributed by atoms with E-state index in [-0.39, 0.29) is 0 Å². The topological polar surface area (TPSA) is 15.7 Å². The molecule has 59 heavy (non-hydrogen) atoms. The van der Waals surface area contributed by atoms with Gasteiger partial charge in [-0.2, -0.15) is 0 Å². The van der Waals surface area contributed by atoms with E-state index >= 15 is 0 Å². The first kappa shape index (κ1) is 34.4. The van der Waals surface area contributed by atoms with Gasteiger partial charge in [-0.3, -0.25) is 0 Å². The summed E-state index contributed by atoms with van der Waals surface area (Å²) in [5, 5.41) is 4.67. The molecular weight excluding hydrogens is 717 g/mol. The third-order valence-corrected chi connectivity index (χ3v) is 11.4. The predicted molar refractivity (Wildman–Crippen MR) is 247 cm³/mol. The van der Waals surface area contributed by atoms with Crippen LogP contribution in [0, 0.1) is 0 Å². The lowest BCUT2D eigenvalue weighted by molar-refractivity contribution is 0.487. The summed E-state index contributed by atoms with van der Waals surface area (Å²) in [5.74, 6) is 1.71. The highest BCUT2D eigenvalue weighted by atomic mass is 16.5. The number of para-hydroxylation sites is 2. The Labute approximate surface area is 344 Å². The summed E-state index contributed by atoms with van der Waals surface area (Å²) >= 11 is 0. The number of benzene rings is 10. The van der Waals surface area contributed by atoms with Crippen molar-refractivity contribution < 1.29 is 4.74 Å². The van der Waals surface area contributed by atoms with Gasteiger partial charge in [-0.25, -0.2) is 0 Å². The fourth-order valence-corrected chi connectivity index (χ4v) is 8.59. The lowest BCUT2D eigenvalue weighted by atomic mass is 9.90. The first-order valence-electron chi connectivity index (χ1n) is 20.1. The molecule has 0 unspecified atom stereocenters. The molecule has 0 spiro atoms. The summed E-state index contributed by atoms with van der Waals surface area (Å²) in [6, 6.07) is 82.1. The number of fused-ring (bicyclic) bond motifs is 4. The van der Waals surface area contributed by atoms with Crippen molar-refractivity contribution in [1.82, 2.24) is 0 Å². The highest BCUT2D eigenvalue weighted by Crippen LogP contribution is 2.51. The minimum absolute atomic E-state index is 0.842. The van der Waals surface area contributed by atoms with Crippen LogP contribution in [0.4, 0.5) is 34.1 Å². The van der Waals surface area contributed by atoms with Gasteiger partial charge >= 0.3 is 0 Å². The molecule has 0 amide bonds. The fourth-order valence-electron chi connectivity index (χ4n) is 8.59. The monoisotopic (exact) mass is 754 g/mol. The summed E-state index contributed by atoms with van der Waals surface area (Å²) in [6.07, 6.45) is 0. The highest BCUT2D eigenvalue weighted by molar-refractivity contribution is 6.18. The van der Waals surface area contributed by atoms with Gasteiger partial charge in [-0.05, 0) is 129 Å². The Bertz CT molecular complexity index is 3090. The van der Waals surface area contributed by atoms with E-state index in [0.29, 0.717) is 0 Å². The maximum Gasteiger partial charge on any atom is 0.137 e. The molecule has 11 rings (SSSR count). The normalized spacial score (nSPS) is 11.5. The Morgan fingerprint density at radius 3 is 1.29 bits per heavy atom. The summed E-state index contributed by atoms with van der Waals surface area (Å²) in [7, 11) is 0. The van der Waals surface area contributed by atoms with Crippen molar-refractivity contribution in [1.29, 1.82) is 0 Å². The molecule has 1 heterocycles. The van der Waals surface area contributed by atoms with E-state index < -0.39 is 0 Å². The number of rotatable bonds is 8. The summed E-state index contributed by atoms with van der Waals surface area (Å²) in [5.41, 5.74) is 13.5. The third-order valence-electron chi connectivity index (χ3n) is 11.4. The number of hydrogen-bond acceptors (Lipinski definition) is 3. The number of nitrogens with zero attached hydrogens (tertiary/aromatic N) is 2. The standard InChI is InChI=1S/C56H38N2O/c1-5-14-39(15-6-1)41-24-29-46(30-25-41)57(44-18-9-3-10-19-44)48-33-28-43-36-53-50-35-34-49(38-55(50)59-54-23-13-22-51(56(53)54)52(43)37-48)58(45-20-11-4-12-21-45)47-31-26-42(27-32-47)40-16-7-2-8-17-40/h1-38H. The zero-order valence-corrected chi connectivity index (χ0v) is 32.2. The largest absolute Gasteiger partial charge is 0.456 e. The van der Waals surface area contributed by atoms with Gasteiger partial charge in [0.25, 0.3) is 0 Å². The van der Waals surface area contributed by atoms with E-state index in [1.807, 2.05) is 0 Å². The van der Waals surface area contributed by atoms with Crippen LogP contribution in [-0.2, 0) is 0 Å². The number of hydrogen-bond donors (Lipinski definition) is 0. The first-order valence-corrected chi connectivity index (χ1v) is 20.1. The minimum atomic E-state index is 0.842. The SMILES string of the molecule is c1ccc(-c2ccc(N(c3ccccc3)c3ccc4c(c3)Oc3cccc5c3c-4cc3ccc(N(c4ccccc4)c4ccc(-c6ccccc6)cc4)cc35)cc2)cc1. The molecule has 1 aliphatic rings. The van der Waals surface area contributed by atoms with Crippen molar-refractivity contribution in [3.63, 3.8) is 0 Å². The van der Waals surface area contributed by atoms with Crippen LogP contribution < -0.4 is 14.5 Å². The van der Waals surface area contributed by atoms with Crippen molar-refractivity contribution in [3.8, 4) is 44.9 Å². The molecule has 0 atom stereocenters. The molecule has 10 aromatic rings. The smallest absolute Gasteiger partial charge is 0.137 e. The molecule has 0 fully saturated rings. The molecule has 10 aromatic carbocycles. The Kier molecular flexibility index (Phi) is 8.49. The van der Waals surface area contributed by atoms with E-state index in [1.165, 1.54) is 44.0 Å². The summed E-state index contributed by atoms with van der Waals surface area (Å²) in [6.45, 7) is 0. The van der Waals surface area contributed by atoms with Crippen molar-refractivity contribution in [2.75, 3.05) is 9.80 Å². The van der Waals surface area contributed by atoms with E-state index in [2.05, 4.69) is 240 Å². The van der Waals surface area contributed by atoms with E-state index in [0.717, 1.165) is 56.6 Å². The average molecular weight is 755 g/mol. The molecule has 3 heteroatoms. The molecule has 0 N–H and O–H groups in total. The summed E-state index contributed by atoms with van der Waals surface area (Å²) < 4.78 is 6.86. The zero-order valence-electron chi connectivity index (χ0n) is 32.2. The average Bonchev–Trinajstić information content (AvgIpc) is 3.31. The molecule has 0 aromatic heterocycles. The van der Waals surface area contributed by atoms with Crippen LogP contribution in [0.1, 0.15) is 0 Å². The molecule has 0 saturated carbocycles. The van der Waals surface area contributed by atoms with Crippen LogP contribution in [0.2, 0.25) is 0 Å². The summed E-state index contributed by atoms with van der Waals surface area (Å²) in [4.78, 5) is 4.63. The molecule has 3 nitrogen and oxygen atoms in total. The Hall–Kier alpha value is -7.88. The molecule has 0 bridgehead atoms. The molecule has 278 valence electrons. The van der Waals surface area contributed by atoms with E-state index in [9.17, 15) is 0 Å². The van der Waals surface area contributed by atoms with Gasteiger partial charge in [0.1, 0.15) is 11.5 Å². The van der Waals surface area contributed by atoms with Gasteiger partial charge < -0.3 is 14.5 Å². The van der Waals surface area contributed by atoms with Crippen LogP contribution in [0.3, 0.4) is 0 Å². The van der Waals surface area contributed by atoms with Gasteiger partial charge in [0, 0.05) is 51.1 Å². The molecular formula is C56H38N2O. The van der Waals surface area contributed by atoms with Gasteiger partial charge in [0.05, 0.1) is 0 Å². The Morgan fingerprint density at radius 2 is 0.729 bits per heavy atom. The highest BCUT2D eigenvalue weighted by Gasteiger charge is 2.24. The Balaban J connectivity index is 0.997. The predicted octanol–water partition coefficient (Wildman–Crippen LogP) is 16.0. The second-order valence-corrected chi connectivity index (χ2v) is 15.0. The maximum atomic E-state index is 6.86. The van der Waals surface area contributed by atoms with Crippen molar-refractivity contribution in [2.24, 2.45) is 0 Å². The van der Waals surface area contributed by atoms with Gasteiger partial charge in [0.2, 0.25) is 0 Å². The maximum absolute atomic E-state index is 6.86. The second kappa shape index (κ2) is 14.6. The lowest BCUT2D eigenvalue weighted by Crippen LogP contribution is -2.10.